The van der Waals surface area contributed by atoms with E-state index in [-0.39, 0.29) is 34.1 Å². The van der Waals surface area contributed by atoms with E-state index in [4.69, 9.17) is 19.1 Å². The predicted octanol–water partition coefficient (Wildman–Crippen LogP) is 3.96. The van der Waals surface area contributed by atoms with Crippen molar-refractivity contribution < 1.29 is 48.4 Å². The topological polar surface area (TPSA) is 0 Å². The molecule has 0 atom stereocenters. The second kappa shape index (κ2) is 9.96. The molecule has 0 heterocycles. The van der Waals surface area contributed by atoms with Crippen molar-refractivity contribution in [1.82, 2.24) is 0 Å². The molecular weight excluding hydrogens is 464 g/mol. The van der Waals surface area contributed by atoms with E-state index in [1.807, 2.05) is 36.4 Å². The third kappa shape index (κ3) is 5.26. The normalized spacial score (nSPS) is 10.3. The van der Waals surface area contributed by atoms with Crippen LogP contribution in [0.2, 0.25) is 0 Å². The van der Waals surface area contributed by atoms with Gasteiger partial charge in [0.05, 0.1) is 0 Å². The summed E-state index contributed by atoms with van der Waals surface area (Å²) in [7, 11) is 12.4. The van der Waals surface area contributed by atoms with Gasteiger partial charge in [-0.15, -0.1) is 0 Å². The summed E-state index contributed by atoms with van der Waals surface area (Å²) in [6.07, 6.45) is -0.562. The van der Waals surface area contributed by atoms with Crippen LogP contribution < -0.4 is 10.6 Å². The summed E-state index contributed by atoms with van der Waals surface area (Å²) in [4.78, 5) is 0. The molecule has 0 radical (unpaired) electrons. The molecule has 0 N–H and O–H groups in total. The monoisotopic (exact) mass is 473 g/mol. The molecule has 0 saturated carbocycles. The predicted molar refractivity (Wildman–Crippen MR) is 70.8 cm³/mol. The minimum Gasteiger partial charge on any atom is 0 e. The number of halogens is 2. The molecule has 0 nitrogen and oxygen atoms in total. The van der Waals surface area contributed by atoms with E-state index in [1.165, 1.54) is 10.6 Å². The van der Waals surface area contributed by atoms with E-state index < -0.39 is 20.3 Å². The van der Waals surface area contributed by atoms with E-state index >= 15 is 0 Å². The van der Waals surface area contributed by atoms with Crippen molar-refractivity contribution in [1.29, 1.82) is 0 Å². The Bertz CT molecular complexity index is 403. The van der Waals surface area contributed by atoms with Gasteiger partial charge in [-0.3, -0.25) is 0 Å². The Morgan fingerprint density at radius 3 is 1.28 bits per heavy atom. The molecular formula is C12H10Cl2Fe2PPd. The van der Waals surface area contributed by atoms with Crippen LogP contribution in [0.4, 0.5) is 0 Å². The summed E-state index contributed by atoms with van der Waals surface area (Å²) in [5.74, 6) is 0. The van der Waals surface area contributed by atoms with E-state index in [0.29, 0.717) is 0 Å². The summed E-state index contributed by atoms with van der Waals surface area (Å²) in [5.41, 5.74) is 0. The van der Waals surface area contributed by atoms with Gasteiger partial charge < -0.3 is 0 Å². The third-order valence-corrected chi connectivity index (χ3v) is 11.5. The fourth-order valence-electron chi connectivity index (χ4n) is 1.37. The van der Waals surface area contributed by atoms with Gasteiger partial charge in [0, 0.05) is 34.1 Å². The molecule has 0 amide bonds. The van der Waals surface area contributed by atoms with Crippen LogP contribution in [-0.2, 0) is 48.4 Å². The third-order valence-electron chi connectivity index (χ3n) is 2.04. The second-order valence-electron chi connectivity index (χ2n) is 3.08. The zero-order valence-electron chi connectivity index (χ0n) is 9.00. The second-order valence-corrected chi connectivity index (χ2v) is 14.6. The minimum absolute atomic E-state index is 0. The maximum atomic E-state index is 6.22. The fourth-order valence-corrected chi connectivity index (χ4v) is 10.3. The van der Waals surface area contributed by atoms with Crippen LogP contribution in [-0.4, -0.2) is 0 Å². The number of hydrogen-bond acceptors (Lipinski definition) is 0. The molecule has 0 bridgehead atoms. The van der Waals surface area contributed by atoms with E-state index in [0.717, 1.165) is 0 Å². The smallest absolute Gasteiger partial charge is 0 e. The van der Waals surface area contributed by atoms with Gasteiger partial charge in [-0.2, -0.15) is 0 Å². The first-order chi connectivity index (χ1) is 7.79. The van der Waals surface area contributed by atoms with Gasteiger partial charge in [0.1, 0.15) is 0 Å². The molecule has 0 aliphatic carbocycles. The summed E-state index contributed by atoms with van der Waals surface area (Å²) < 4.78 is 0. The summed E-state index contributed by atoms with van der Waals surface area (Å²) >= 11 is -1.51. The molecule has 0 aliphatic rings. The van der Waals surface area contributed by atoms with Gasteiger partial charge in [0.15, 0.2) is 0 Å². The Hall–Kier alpha value is 1.15. The van der Waals surface area contributed by atoms with Gasteiger partial charge in [-0.05, 0) is 0 Å². The van der Waals surface area contributed by atoms with Crippen molar-refractivity contribution >= 4 is 35.8 Å². The SMILES string of the molecule is [Cl][Pd]([Cl])[P](c1ccccc1)c1ccccc1.[Fe].[Fe]. The van der Waals surface area contributed by atoms with Crippen LogP contribution in [0, 0.1) is 0 Å². The van der Waals surface area contributed by atoms with Crippen LogP contribution >= 0.6 is 25.2 Å². The first kappa shape index (κ1) is 19.2. The van der Waals surface area contributed by atoms with Crippen LogP contribution in [0.25, 0.3) is 0 Å². The standard InChI is InChI=1S/C12H10P.2ClH.2Fe.Pd/c1-3-7-11(8-4-1)13-12-9-5-2-6-10-12;;;;;/h1-10H;2*1H;;;/q-1;;;;;+3/p-2. The molecule has 0 aromatic heterocycles. The Morgan fingerprint density at radius 1 is 0.667 bits per heavy atom. The average molecular weight is 474 g/mol. The Kier molecular flexibility index (Phi) is 10.6. The molecule has 0 aliphatic heterocycles. The van der Waals surface area contributed by atoms with E-state index in [1.54, 1.807) is 0 Å². The van der Waals surface area contributed by atoms with Gasteiger partial charge in [0.25, 0.3) is 0 Å². The molecule has 2 rings (SSSR count). The van der Waals surface area contributed by atoms with Gasteiger partial charge in [-0.1, -0.05) is 0 Å². The molecule has 2 aromatic carbocycles. The van der Waals surface area contributed by atoms with Crippen molar-refractivity contribution in [2.24, 2.45) is 0 Å². The maximum absolute atomic E-state index is 6.22. The van der Waals surface area contributed by atoms with Crippen molar-refractivity contribution in [2.45, 2.75) is 0 Å². The van der Waals surface area contributed by atoms with Crippen LogP contribution in [0.3, 0.4) is 0 Å². The number of rotatable bonds is 3. The fraction of sp³-hybridized carbons (Fsp3) is 0. The first-order valence-electron chi connectivity index (χ1n) is 4.65. The average Bonchev–Trinajstić information content (AvgIpc) is 2.31. The quantitative estimate of drug-likeness (QED) is 0.467. The molecule has 2 aromatic rings. The van der Waals surface area contributed by atoms with Crippen molar-refractivity contribution in [3.05, 3.63) is 60.7 Å². The number of benzene rings is 2. The molecule has 18 heavy (non-hydrogen) atoms. The molecule has 0 unspecified atom stereocenters. The first-order valence-corrected chi connectivity index (χ1v) is 11.9. The number of hydrogen-bond donors (Lipinski definition) is 0. The zero-order chi connectivity index (χ0) is 11.4. The van der Waals surface area contributed by atoms with Gasteiger partial charge in [0.2, 0.25) is 0 Å². The molecule has 6 heteroatoms. The molecule has 103 valence electrons. The summed E-state index contributed by atoms with van der Waals surface area (Å²) in [6, 6.07) is 20.6. The summed E-state index contributed by atoms with van der Waals surface area (Å²) in [6.45, 7) is 0. The van der Waals surface area contributed by atoms with Crippen LogP contribution in [0.5, 0.6) is 0 Å². The van der Waals surface area contributed by atoms with Crippen LogP contribution in [0.15, 0.2) is 60.7 Å². The van der Waals surface area contributed by atoms with E-state index in [9.17, 15) is 0 Å². The van der Waals surface area contributed by atoms with Crippen molar-refractivity contribution in [2.75, 3.05) is 0 Å². The van der Waals surface area contributed by atoms with Crippen molar-refractivity contribution in [3.63, 3.8) is 0 Å². The van der Waals surface area contributed by atoms with Gasteiger partial charge >= 0.3 is 111 Å². The zero-order valence-corrected chi connectivity index (χ0v) is 15.2. The minimum atomic E-state index is -1.51. The maximum Gasteiger partial charge on any atom is 0 e. The Morgan fingerprint density at radius 2 is 1.00 bits per heavy atom. The van der Waals surface area contributed by atoms with Crippen LogP contribution in [0.1, 0.15) is 0 Å². The largest absolute Gasteiger partial charge is 0 e. The molecule has 0 fully saturated rings. The Balaban J connectivity index is 0.00000144. The molecule has 0 saturated heterocycles. The van der Waals surface area contributed by atoms with E-state index in [2.05, 4.69) is 24.3 Å². The van der Waals surface area contributed by atoms with Gasteiger partial charge in [-0.25, -0.2) is 0 Å². The van der Waals surface area contributed by atoms with Crippen molar-refractivity contribution in [3.8, 4) is 0 Å². The molecule has 0 spiro atoms. The summed E-state index contributed by atoms with van der Waals surface area (Å²) in [5, 5.41) is 2.52. The Labute approximate surface area is 143 Å².